The minimum atomic E-state index is 0. The largest absolute Gasteiger partial charge is 1.00 e. The zero-order valence-corrected chi connectivity index (χ0v) is 7.96. The van der Waals surface area contributed by atoms with Crippen molar-refractivity contribution in [2.45, 2.75) is 0 Å². The number of hydrogen-bond donors (Lipinski definition) is 0. The van der Waals surface area contributed by atoms with E-state index >= 15 is 0 Å². The van der Waals surface area contributed by atoms with Crippen LogP contribution in [0.2, 0.25) is 0 Å². The number of carbonyl (C=O) groups excluding carboxylic acids is 1. The molecule has 0 aliphatic heterocycles. The summed E-state index contributed by atoms with van der Waals surface area (Å²) in [5.41, 5.74) is 0. The summed E-state index contributed by atoms with van der Waals surface area (Å²) in [6, 6.07) is 0. The zero-order valence-electron chi connectivity index (χ0n) is 2.29. The Morgan fingerprint density at radius 1 is 1.75 bits per heavy atom. The molecule has 18 valence electrons. The third-order valence-corrected chi connectivity index (χ3v) is 0. The third kappa shape index (κ3) is 9.24. The molecule has 0 saturated heterocycles. The van der Waals surface area contributed by atoms with Gasteiger partial charge in [-0.3, -0.25) is 0 Å². The molecule has 0 aromatic rings. The summed E-state index contributed by atoms with van der Waals surface area (Å²) in [6.07, 6.45) is 0. The van der Waals surface area contributed by atoms with Crippen molar-refractivity contribution in [1.29, 1.82) is 0 Å². The summed E-state index contributed by atoms with van der Waals surface area (Å²) < 4.78 is 0. The summed E-state index contributed by atoms with van der Waals surface area (Å²) >= 11 is 4.19. The number of hydrogen-bond acceptors (Lipinski definition) is 1. The van der Waals surface area contributed by atoms with Gasteiger partial charge in [-0.05, 0) is 0 Å². The van der Waals surface area contributed by atoms with Crippen LogP contribution >= 0.6 is 11.6 Å². The van der Waals surface area contributed by atoms with E-state index in [4.69, 9.17) is 4.79 Å². The second-order valence-electron chi connectivity index (χ2n) is 0.0772. The summed E-state index contributed by atoms with van der Waals surface area (Å²) in [5, 5.41) is 0. The SMILES string of the molecule is O=[C-]Cl.[Rb+]. The van der Waals surface area contributed by atoms with E-state index in [1.165, 1.54) is 0 Å². The number of rotatable bonds is 0. The first-order valence-corrected chi connectivity index (χ1v) is 0.771. The molecule has 0 atom stereocenters. The van der Waals surface area contributed by atoms with E-state index in [1.807, 2.05) is 0 Å². The van der Waals surface area contributed by atoms with Crippen molar-refractivity contribution in [2.24, 2.45) is 0 Å². The molecule has 0 N–H and O–H groups in total. The van der Waals surface area contributed by atoms with Crippen LogP contribution in [0.1, 0.15) is 0 Å². The normalized spacial score (nSPS) is 3.25. The molecule has 0 unspecified atom stereocenters. The van der Waals surface area contributed by atoms with Gasteiger partial charge in [0.1, 0.15) is 0 Å². The van der Waals surface area contributed by atoms with Crippen LogP contribution in [0.3, 0.4) is 0 Å². The van der Waals surface area contributed by atoms with Crippen molar-refractivity contribution in [3.63, 3.8) is 0 Å². The van der Waals surface area contributed by atoms with Gasteiger partial charge in [0.2, 0.25) is 0 Å². The van der Waals surface area contributed by atoms with Crippen molar-refractivity contribution in [2.75, 3.05) is 0 Å². The van der Waals surface area contributed by atoms with E-state index in [9.17, 15) is 0 Å². The van der Waals surface area contributed by atoms with E-state index in [-0.39, 0.29) is 58.2 Å². The maximum Gasteiger partial charge on any atom is 1.00 e. The average Bonchev–Trinajstić information content (AvgIpc) is 0.918. The Morgan fingerprint density at radius 2 is 1.75 bits per heavy atom. The summed E-state index contributed by atoms with van der Waals surface area (Å²) in [4.78, 5) is 8.45. The van der Waals surface area contributed by atoms with Crippen LogP contribution in [-0.2, 0) is 4.79 Å². The molecule has 3 heteroatoms. The quantitative estimate of drug-likeness (QED) is 0.270. The first-order chi connectivity index (χ1) is 1.41. The van der Waals surface area contributed by atoms with E-state index in [2.05, 4.69) is 11.6 Å². The van der Waals surface area contributed by atoms with Gasteiger partial charge in [-0.2, -0.15) is 5.75 Å². The van der Waals surface area contributed by atoms with Gasteiger partial charge in [-0.1, -0.05) is 0 Å². The van der Waals surface area contributed by atoms with Crippen LogP contribution in [-0.4, -0.2) is 5.75 Å². The van der Waals surface area contributed by atoms with Gasteiger partial charge in [0.15, 0.2) is 0 Å². The second kappa shape index (κ2) is 8.83. The van der Waals surface area contributed by atoms with Gasteiger partial charge in [-0.15, -0.1) is 0 Å². The van der Waals surface area contributed by atoms with Gasteiger partial charge in [0.05, 0.1) is 0 Å². The van der Waals surface area contributed by atoms with Crippen LogP contribution in [0.4, 0.5) is 0 Å². The van der Waals surface area contributed by atoms with Crippen molar-refractivity contribution < 1.29 is 63.0 Å². The molecule has 0 fully saturated rings. The van der Waals surface area contributed by atoms with Gasteiger partial charge >= 0.3 is 58.2 Å². The van der Waals surface area contributed by atoms with E-state index < -0.39 is 0 Å². The average molecular weight is 149 g/mol. The Balaban J connectivity index is 0. The van der Waals surface area contributed by atoms with Crippen LogP contribution in [0, 0.1) is 0 Å². The Bertz CT molecular complexity index is 15.5. The Hall–Kier alpha value is 1.77. The molecule has 0 rings (SSSR count). The maximum atomic E-state index is 8.45. The Kier molecular flexibility index (Phi) is 20.4. The molecule has 0 aromatic carbocycles. The maximum absolute atomic E-state index is 8.45. The van der Waals surface area contributed by atoms with Gasteiger partial charge in [0.25, 0.3) is 0 Å². The third-order valence-electron chi connectivity index (χ3n) is 0. The smallest absolute Gasteiger partial charge is 0.525 e. The van der Waals surface area contributed by atoms with Gasteiger partial charge < -0.3 is 16.4 Å². The molecule has 0 aliphatic rings. The van der Waals surface area contributed by atoms with Gasteiger partial charge in [0, 0.05) is 0 Å². The minimum Gasteiger partial charge on any atom is -0.525 e. The van der Waals surface area contributed by atoms with Crippen molar-refractivity contribution >= 4 is 17.3 Å². The molecule has 0 aliphatic carbocycles. The monoisotopic (exact) mass is 148 g/mol. The molecule has 0 aromatic heterocycles. The van der Waals surface area contributed by atoms with Crippen molar-refractivity contribution in [1.82, 2.24) is 0 Å². The van der Waals surface area contributed by atoms with E-state index in [0.29, 0.717) is 0 Å². The molecule has 0 saturated carbocycles. The molecule has 0 bridgehead atoms. The Morgan fingerprint density at radius 3 is 1.75 bits per heavy atom. The fourth-order valence-electron chi connectivity index (χ4n) is 0. The van der Waals surface area contributed by atoms with E-state index in [1.54, 1.807) is 0 Å². The van der Waals surface area contributed by atoms with Crippen LogP contribution in [0.25, 0.3) is 0 Å². The first kappa shape index (κ1) is 9.23. The molecule has 1 nitrogen and oxygen atoms in total. The van der Waals surface area contributed by atoms with Crippen LogP contribution in [0.5, 0.6) is 0 Å². The predicted molar refractivity (Wildman–Crippen MR) is 11.5 cm³/mol. The molecule has 0 heterocycles. The molecular weight excluding hydrogens is 149 g/mol. The molecular formula is CClORb. The first-order valence-electron chi connectivity index (χ1n) is 0.393. The second-order valence-corrected chi connectivity index (χ2v) is 0.231. The summed E-state index contributed by atoms with van der Waals surface area (Å²) in [6.45, 7) is 0. The Labute approximate surface area is 78.5 Å². The fraction of sp³-hybridized carbons (Fsp3) is 0. The minimum absolute atomic E-state index is 0. The van der Waals surface area contributed by atoms with Gasteiger partial charge in [-0.25, -0.2) is 0 Å². The van der Waals surface area contributed by atoms with Crippen LogP contribution in [0.15, 0.2) is 0 Å². The van der Waals surface area contributed by atoms with Crippen molar-refractivity contribution in [3.05, 3.63) is 0 Å². The topological polar surface area (TPSA) is 17.1 Å². The molecule has 4 heavy (non-hydrogen) atoms. The number of halogens is 1. The molecule has 0 spiro atoms. The fourth-order valence-corrected chi connectivity index (χ4v) is 0. The zero-order chi connectivity index (χ0) is 2.71. The predicted octanol–water partition coefficient (Wildman–Crippen LogP) is -2.70. The van der Waals surface area contributed by atoms with E-state index in [0.717, 1.165) is 5.75 Å². The summed E-state index contributed by atoms with van der Waals surface area (Å²) in [5.74, 6) is 0.972. The standard InChI is InChI=1S/CClO.Rb/c2-1-3;/q-1;+1. The molecule has 0 radical (unpaired) electrons. The molecule has 0 amide bonds. The van der Waals surface area contributed by atoms with Crippen molar-refractivity contribution in [3.8, 4) is 0 Å². The van der Waals surface area contributed by atoms with Crippen LogP contribution < -0.4 is 58.2 Å². The summed E-state index contributed by atoms with van der Waals surface area (Å²) in [7, 11) is 0.